The first-order chi connectivity index (χ1) is 8.16. The van der Waals surface area contributed by atoms with Crippen molar-refractivity contribution in [3.8, 4) is 0 Å². The number of thiophene rings is 1. The van der Waals surface area contributed by atoms with Gasteiger partial charge in [-0.25, -0.2) is 4.79 Å². The number of halogens is 1. The van der Waals surface area contributed by atoms with Crippen molar-refractivity contribution in [3.63, 3.8) is 0 Å². The summed E-state index contributed by atoms with van der Waals surface area (Å²) in [4.78, 5) is 11.8. The molecule has 0 aliphatic rings. The SMILES string of the molecule is O=C(O)c1ccccc1SCc1csc(Br)c1. The second-order valence-corrected chi connectivity index (χ2v) is 6.66. The molecule has 0 fully saturated rings. The number of hydrogen-bond donors (Lipinski definition) is 1. The minimum absolute atomic E-state index is 0.367. The van der Waals surface area contributed by atoms with Crippen LogP contribution in [0.4, 0.5) is 0 Å². The zero-order valence-electron chi connectivity index (χ0n) is 8.72. The van der Waals surface area contributed by atoms with Crippen molar-refractivity contribution in [2.75, 3.05) is 0 Å². The molecule has 0 aliphatic heterocycles. The lowest BCUT2D eigenvalue weighted by atomic mass is 10.2. The molecule has 17 heavy (non-hydrogen) atoms. The van der Waals surface area contributed by atoms with E-state index in [1.165, 1.54) is 5.56 Å². The van der Waals surface area contributed by atoms with Gasteiger partial charge < -0.3 is 5.11 Å². The van der Waals surface area contributed by atoms with Crippen LogP contribution in [0.15, 0.2) is 44.4 Å². The lowest BCUT2D eigenvalue weighted by Gasteiger charge is -2.04. The minimum atomic E-state index is -0.875. The number of benzene rings is 1. The molecule has 0 saturated carbocycles. The van der Waals surface area contributed by atoms with E-state index in [1.807, 2.05) is 12.1 Å². The molecule has 0 unspecified atom stereocenters. The van der Waals surface area contributed by atoms with Crippen LogP contribution < -0.4 is 0 Å². The van der Waals surface area contributed by atoms with Crippen LogP contribution in [0.1, 0.15) is 15.9 Å². The fourth-order valence-corrected chi connectivity index (χ4v) is 3.64. The van der Waals surface area contributed by atoms with Crippen molar-refractivity contribution in [2.45, 2.75) is 10.6 Å². The zero-order chi connectivity index (χ0) is 12.3. The van der Waals surface area contributed by atoms with Gasteiger partial charge in [0.25, 0.3) is 0 Å². The Labute approximate surface area is 116 Å². The molecule has 1 heterocycles. The average Bonchev–Trinajstić information content (AvgIpc) is 2.73. The number of hydrogen-bond acceptors (Lipinski definition) is 3. The Morgan fingerprint density at radius 2 is 2.18 bits per heavy atom. The number of rotatable bonds is 4. The summed E-state index contributed by atoms with van der Waals surface area (Å²) in [7, 11) is 0. The molecule has 88 valence electrons. The monoisotopic (exact) mass is 328 g/mol. The highest BCUT2D eigenvalue weighted by Crippen LogP contribution is 2.29. The van der Waals surface area contributed by atoms with Crippen molar-refractivity contribution >= 4 is 45.0 Å². The number of carbonyl (C=O) groups is 1. The van der Waals surface area contributed by atoms with Crippen LogP contribution in [0.2, 0.25) is 0 Å². The van der Waals surface area contributed by atoms with Crippen LogP contribution >= 0.6 is 39.0 Å². The normalized spacial score (nSPS) is 10.4. The van der Waals surface area contributed by atoms with Crippen molar-refractivity contribution in [1.29, 1.82) is 0 Å². The van der Waals surface area contributed by atoms with Crippen LogP contribution in [-0.2, 0) is 5.75 Å². The molecule has 2 aromatic rings. The molecule has 0 atom stereocenters. The number of carboxylic acid groups (broad SMARTS) is 1. The fraction of sp³-hybridized carbons (Fsp3) is 0.0833. The molecule has 1 N–H and O–H groups in total. The van der Waals surface area contributed by atoms with Gasteiger partial charge in [-0.05, 0) is 45.1 Å². The Bertz CT molecular complexity index is 537. The summed E-state index contributed by atoms with van der Waals surface area (Å²) in [6, 6.07) is 9.14. The van der Waals surface area contributed by atoms with Crippen LogP contribution in [0.3, 0.4) is 0 Å². The van der Waals surface area contributed by atoms with Crippen molar-refractivity contribution < 1.29 is 9.90 Å². The number of thioether (sulfide) groups is 1. The highest BCUT2D eigenvalue weighted by atomic mass is 79.9. The van der Waals surface area contributed by atoms with Gasteiger partial charge in [-0.15, -0.1) is 23.1 Å². The maximum absolute atomic E-state index is 11.0. The predicted molar refractivity (Wildman–Crippen MR) is 75.0 cm³/mol. The number of aromatic carboxylic acids is 1. The quantitative estimate of drug-likeness (QED) is 0.839. The Morgan fingerprint density at radius 3 is 2.82 bits per heavy atom. The van der Waals surface area contributed by atoms with Crippen molar-refractivity contribution in [2.24, 2.45) is 0 Å². The molecule has 2 rings (SSSR count). The lowest BCUT2D eigenvalue weighted by molar-refractivity contribution is 0.0693. The molecule has 2 nitrogen and oxygen atoms in total. The summed E-state index contributed by atoms with van der Waals surface area (Å²) in [6.45, 7) is 0. The minimum Gasteiger partial charge on any atom is -0.478 e. The molecule has 5 heteroatoms. The van der Waals surface area contributed by atoms with E-state index < -0.39 is 5.97 Å². The molecule has 0 amide bonds. The van der Waals surface area contributed by atoms with E-state index in [0.717, 1.165) is 14.4 Å². The Kier molecular flexibility index (Phi) is 4.25. The van der Waals surface area contributed by atoms with E-state index in [1.54, 1.807) is 35.2 Å². The second-order valence-electron chi connectivity index (χ2n) is 3.35. The first-order valence-corrected chi connectivity index (χ1v) is 7.50. The van der Waals surface area contributed by atoms with Gasteiger partial charge in [-0.1, -0.05) is 12.1 Å². The van der Waals surface area contributed by atoms with Crippen LogP contribution in [0.25, 0.3) is 0 Å². The van der Waals surface area contributed by atoms with Gasteiger partial charge in [0.05, 0.1) is 9.35 Å². The molecule has 0 aliphatic carbocycles. The summed E-state index contributed by atoms with van der Waals surface area (Å²) >= 11 is 6.60. The largest absolute Gasteiger partial charge is 0.478 e. The highest BCUT2D eigenvalue weighted by Gasteiger charge is 2.09. The van der Waals surface area contributed by atoms with Crippen LogP contribution in [-0.4, -0.2) is 11.1 Å². The van der Waals surface area contributed by atoms with E-state index in [9.17, 15) is 4.79 Å². The Balaban J connectivity index is 2.11. The third-order valence-electron chi connectivity index (χ3n) is 2.13. The molecular formula is C12H9BrO2S2. The van der Waals surface area contributed by atoms with Gasteiger partial charge in [-0.3, -0.25) is 0 Å². The van der Waals surface area contributed by atoms with Crippen molar-refractivity contribution in [3.05, 3.63) is 50.6 Å². The molecule has 0 radical (unpaired) electrons. The summed E-state index contributed by atoms with van der Waals surface area (Å²) in [5.74, 6) is -0.0913. The van der Waals surface area contributed by atoms with E-state index in [2.05, 4.69) is 27.4 Å². The summed E-state index contributed by atoms with van der Waals surface area (Å²) in [6.07, 6.45) is 0. The molecule has 0 bridgehead atoms. The van der Waals surface area contributed by atoms with E-state index in [0.29, 0.717) is 5.56 Å². The molecular weight excluding hydrogens is 320 g/mol. The molecule has 0 spiro atoms. The van der Waals surface area contributed by atoms with Gasteiger partial charge in [-0.2, -0.15) is 0 Å². The standard InChI is InChI=1S/C12H9BrO2S2/c13-11-5-8(7-17-11)6-16-10-4-2-1-3-9(10)12(14)15/h1-5,7H,6H2,(H,14,15). The first-order valence-electron chi connectivity index (χ1n) is 4.85. The molecule has 0 saturated heterocycles. The maximum atomic E-state index is 11.0. The third-order valence-corrected chi connectivity index (χ3v) is 4.83. The Morgan fingerprint density at radius 1 is 1.41 bits per heavy atom. The second kappa shape index (κ2) is 5.71. The van der Waals surface area contributed by atoms with Crippen LogP contribution in [0, 0.1) is 0 Å². The summed E-state index contributed by atoms with van der Waals surface area (Å²) in [5, 5.41) is 11.1. The van der Waals surface area contributed by atoms with E-state index in [-0.39, 0.29) is 0 Å². The smallest absolute Gasteiger partial charge is 0.336 e. The summed E-state index contributed by atoms with van der Waals surface area (Å²) < 4.78 is 1.10. The first kappa shape index (κ1) is 12.7. The molecule has 1 aromatic heterocycles. The highest BCUT2D eigenvalue weighted by molar-refractivity contribution is 9.11. The van der Waals surface area contributed by atoms with Gasteiger partial charge >= 0.3 is 5.97 Å². The van der Waals surface area contributed by atoms with Gasteiger partial charge in [0.1, 0.15) is 0 Å². The lowest BCUT2D eigenvalue weighted by Crippen LogP contribution is -1.98. The number of carboxylic acids is 1. The van der Waals surface area contributed by atoms with Gasteiger partial charge in [0.2, 0.25) is 0 Å². The van der Waals surface area contributed by atoms with Gasteiger partial charge in [0.15, 0.2) is 0 Å². The predicted octanol–water partition coefficient (Wildman–Crippen LogP) is 4.50. The Hall–Kier alpha value is -0.780. The molecule has 1 aromatic carbocycles. The van der Waals surface area contributed by atoms with Crippen molar-refractivity contribution in [1.82, 2.24) is 0 Å². The fourth-order valence-electron chi connectivity index (χ4n) is 1.35. The van der Waals surface area contributed by atoms with E-state index in [4.69, 9.17) is 5.11 Å². The van der Waals surface area contributed by atoms with Crippen LogP contribution in [0.5, 0.6) is 0 Å². The van der Waals surface area contributed by atoms with Gasteiger partial charge in [0, 0.05) is 10.6 Å². The van der Waals surface area contributed by atoms with E-state index >= 15 is 0 Å². The maximum Gasteiger partial charge on any atom is 0.336 e. The zero-order valence-corrected chi connectivity index (χ0v) is 11.9. The summed E-state index contributed by atoms with van der Waals surface area (Å²) in [5.41, 5.74) is 1.57. The third kappa shape index (κ3) is 3.34. The topological polar surface area (TPSA) is 37.3 Å². The average molecular weight is 329 g/mol.